The minimum Gasteiger partial charge on any atom is -0.491 e. The fraction of sp³-hybridized carbons (Fsp3) is 0.500. The van der Waals surface area contributed by atoms with Gasteiger partial charge in [0.2, 0.25) is 0 Å². The maximum atomic E-state index is 9.21. The number of benzene rings is 1. The van der Waals surface area contributed by atoms with Crippen LogP contribution < -0.4 is 4.74 Å². The average molecular weight is 242 g/mol. The molecule has 1 aromatic carbocycles. The zero-order chi connectivity index (χ0) is 12.5. The van der Waals surface area contributed by atoms with Crippen LogP contribution in [0.5, 0.6) is 5.75 Å². The number of hydrogen-bond donors (Lipinski definition) is 3. The van der Waals surface area contributed by atoms with Crippen LogP contribution in [0.2, 0.25) is 0 Å². The second-order valence-electron chi connectivity index (χ2n) is 3.44. The van der Waals surface area contributed by atoms with E-state index in [1.807, 2.05) is 0 Å². The molecular weight excluding hydrogens is 224 g/mol. The Labute approximate surface area is 100 Å². The summed E-state index contributed by atoms with van der Waals surface area (Å²) in [5.41, 5.74) is 1.58. The van der Waals surface area contributed by atoms with Gasteiger partial charge >= 0.3 is 0 Å². The molecule has 0 unspecified atom stereocenters. The lowest BCUT2D eigenvalue weighted by Crippen LogP contribution is -2.05. The van der Waals surface area contributed by atoms with Crippen LogP contribution in [-0.2, 0) is 18.0 Å². The Morgan fingerprint density at radius 2 is 1.71 bits per heavy atom. The van der Waals surface area contributed by atoms with Crippen LogP contribution in [0.15, 0.2) is 18.2 Å². The van der Waals surface area contributed by atoms with Crippen molar-refractivity contribution >= 4 is 0 Å². The lowest BCUT2D eigenvalue weighted by molar-refractivity contribution is 0.0805. The highest BCUT2D eigenvalue weighted by atomic mass is 16.5. The standard InChI is InChI=1S/C12H18O5/c13-3-5-16-9-10-1-2-12(17-6-4-14)7-11(10)8-15/h1-2,7,13-15H,3-6,8-9H2. The number of ether oxygens (including phenoxy) is 2. The van der Waals surface area contributed by atoms with Gasteiger partial charge in [0.15, 0.2) is 0 Å². The first-order chi connectivity index (χ1) is 8.31. The SMILES string of the molecule is OCCOCc1ccc(OCCO)cc1CO. The van der Waals surface area contributed by atoms with Gasteiger partial charge < -0.3 is 24.8 Å². The highest BCUT2D eigenvalue weighted by Gasteiger charge is 2.04. The van der Waals surface area contributed by atoms with Crippen LogP contribution >= 0.6 is 0 Å². The average Bonchev–Trinajstić information content (AvgIpc) is 2.37. The zero-order valence-electron chi connectivity index (χ0n) is 9.63. The zero-order valence-corrected chi connectivity index (χ0v) is 9.63. The summed E-state index contributed by atoms with van der Waals surface area (Å²) < 4.78 is 10.4. The lowest BCUT2D eigenvalue weighted by Gasteiger charge is -2.11. The molecule has 0 aliphatic rings. The molecule has 0 aliphatic carbocycles. The normalized spacial score (nSPS) is 10.5. The summed E-state index contributed by atoms with van der Waals surface area (Å²) in [6, 6.07) is 5.27. The highest BCUT2D eigenvalue weighted by Crippen LogP contribution is 2.19. The molecule has 1 aromatic rings. The van der Waals surface area contributed by atoms with E-state index in [4.69, 9.17) is 19.7 Å². The maximum absolute atomic E-state index is 9.21. The molecule has 0 bridgehead atoms. The van der Waals surface area contributed by atoms with Crippen molar-refractivity contribution in [2.24, 2.45) is 0 Å². The first-order valence-electron chi connectivity index (χ1n) is 5.46. The van der Waals surface area contributed by atoms with Crippen molar-refractivity contribution < 1.29 is 24.8 Å². The molecule has 5 nitrogen and oxygen atoms in total. The first kappa shape index (κ1) is 13.9. The molecule has 3 N–H and O–H groups in total. The van der Waals surface area contributed by atoms with Gasteiger partial charge in [-0.3, -0.25) is 0 Å². The molecule has 0 aliphatic heterocycles. The largest absolute Gasteiger partial charge is 0.491 e. The fourth-order valence-electron chi connectivity index (χ4n) is 1.39. The van der Waals surface area contributed by atoms with Crippen LogP contribution in [0.4, 0.5) is 0 Å². The van der Waals surface area contributed by atoms with Crippen molar-refractivity contribution in [2.75, 3.05) is 26.4 Å². The molecule has 0 saturated carbocycles. The quantitative estimate of drug-likeness (QED) is 0.562. The molecule has 0 heterocycles. The van der Waals surface area contributed by atoms with Crippen molar-refractivity contribution in [3.8, 4) is 5.75 Å². The van der Waals surface area contributed by atoms with E-state index in [1.54, 1.807) is 18.2 Å². The third-order valence-corrected chi connectivity index (χ3v) is 2.20. The van der Waals surface area contributed by atoms with Crippen molar-refractivity contribution in [1.82, 2.24) is 0 Å². The van der Waals surface area contributed by atoms with E-state index in [9.17, 15) is 5.11 Å². The van der Waals surface area contributed by atoms with E-state index < -0.39 is 0 Å². The van der Waals surface area contributed by atoms with Gasteiger partial charge in [0, 0.05) is 0 Å². The second-order valence-corrected chi connectivity index (χ2v) is 3.44. The minimum atomic E-state index is -0.103. The molecule has 96 valence electrons. The molecule has 1 rings (SSSR count). The summed E-state index contributed by atoms with van der Waals surface area (Å²) >= 11 is 0. The monoisotopic (exact) mass is 242 g/mol. The highest BCUT2D eigenvalue weighted by molar-refractivity contribution is 5.35. The van der Waals surface area contributed by atoms with Gasteiger partial charge in [-0.25, -0.2) is 0 Å². The summed E-state index contributed by atoms with van der Waals surface area (Å²) in [6.07, 6.45) is 0. The molecule has 0 aromatic heterocycles. The summed E-state index contributed by atoms with van der Waals surface area (Å²) in [7, 11) is 0. The van der Waals surface area contributed by atoms with E-state index in [0.29, 0.717) is 12.4 Å². The van der Waals surface area contributed by atoms with Gasteiger partial charge in [0.25, 0.3) is 0 Å². The molecule has 0 radical (unpaired) electrons. The summed E-state index contributed by atoms with van der Waals surface area (Å²) in [4.78, 5) is 0. The van der Waals surface area contributed by atoms with Gasteiger partial charge in [-0.05, 0) is 23.3 Å². The van der Waals surface area contributed by atoms with Gasteiger partial charge in [0.05, 0.1) is 33.0 Å². The van der Waals surface area contributed by atoms with Crippen LogP contribution in [0.1, 0.15) is 11.1 Å². The van der Waals surface area contributed by atoms with Gasteiger partial charge in [-0.2, -0.15) is 0 Å². The van der Waals surface area contributed by atoms with Gasteiger partial charge in [-0.15, -0.1) is 0 Å². The molecule has 0 atom stereocenters. The topological polar surface area (TPSA) is 79.2 Å². The molecule has 0 fully saturated rings. The maximum Gasteiger partial charge on any atom is 0.119 e. The molecular formula is C12H18O5. The van der Waals surface area contributed by atoms with Crippen LogP contribution in [0.3, 0.4) is 0 Å². The van der Waals surface area contributed by atoms with Crippen molar-refractivity contribution in [3.63, 3.8) is 0 Å². The second kappa shape index (κ2) is 8.03. The summed E-state index contributed by atoms with van der Waals surface area (Å²) in [5.74, 6) is 0.606. The number of aliphatic hydroxyl groups excluding tert-OH is 3. The summed E-state index contributed by atoms with van der Waals surface area (Å²) in [5, 5.41) is 26.4. The Balaban J connectivity index is 2.64. The van der Waals surface area contributed by atoms with Crippen LogP contribution in [0, 0.1) is 0 Å². The first-order valence-corrected chi connectivity index (χ1v) is 5.46. The Kier molecular flexibility index (Phi) is 6.57. The lowest BCUT2D eigenvalue weighted by atomic mass is 10.1. The smallest absolute Gasteiger partial charge is 0.119 e. The van der Waals surface area contributed by atoms with E-state index in [-0.39, 0.29) is 33.0 Å². The van der Waals surface area contributed by atoms with Crippen LogP contribution in [-0.4, -0.2) is 41.7 Å². The predicted octanol–water partition coefficient (Wildman–Crippen LogP) is 0.0589. The third kappa shape index (κ3) is 4.70. The Morgan fingerprint density at radius 1 is 0.941 bits per heavy atom. The van der Waals surface area contributed by atoms with E-state index in [0.717, 1.165) is 11.1 Å². The molecule has 0 saturated heterocycles. The Hall–Kier alpha value is -1.14. The molecule has 0 spiro atoms. The molecule has 0 amide bonds. The Morgan fingerprint density at radius 3 is 2.35 bits per heavy atom. The summed E-state index contributed by atoms with van der Waals surface area (Å²) in [6.45, 7) is 0.672. The molecule has 5 heteroatoms. The van der Waals surface area contributed by atoms with Gasteiger partial charge in [0.1, 0.15) is 12.4 Å². The number of rotatable bonds is 8. The minimum absolute atomic E-state index is 0.0217. The third-order valence-electron chi connectivity index (χ3n) is 2.20. The van der Waals surface area contributed by atoms with E-state index in [1.165, 1.54) is 0 Å². The van der Waals surface area contributed by atoms with Crippen LogP contribution in [0.25, 0.3) is 0 Å². The number of hydrogen-bond acceptors (Lipinski definition) is 5. The van der Waals surface area contributed by atoms with Crippen molar-refractivity contribution in [2.45, 2.75) is 13.2 Å². The van der Waals surface area contributed by atoms with E-state index in [2.05, 4.69) is 0 Å². The van der Waals surface area contributed by atoms with E-state index >= 15 is 0 Å². The van der Waals surface area contributed by atoms with Gasteiger partial charge in [-0.1, -0.05) is 6.07 Å². The molecule has 17 heavy (non-hydrogen) atoms. The van der Waals surface area contributed by atoms with Crippen molar-refractivity contribution in [1.29, 1.82) is 0 Å². The predicted molar refractivity (Wildman–Crippen MR) is 61.7 cm³/mol. The fourth-order valence-corrected chi connectivity index (χ4v) is 1.39. The van der Waals surface area contributed by atoms with Crippen molar-refractivity contribution in [3.05, 3.63) is 29.3 Å². The number of aliphatic hydroxyl groups is 3. The Bertz CT molecular complexity index is 327.